The largest absolute Gasteiger partial charge is 0.534 e. The van der Waals surface area contributed by atoms with Crippen LogP contribution >= 0.6 is 0 Å². The van der Waals surface area contributed by atoms with Crippen molar-refractivity contribution >= 4 is 23.9 Å². The summed E-state index contributed by atoms with van der Waals surface area (Å²) in [6.45, 7) is 7.94. The fourth-order valence-electron chi connectivity index (χ4n) is 2.08. The number of hydrogen-bond acceptors (Lipinski definition) is 8. The Balaban J connectivity index is 3.35. The summed E-state index contributed by atoms with van der Waals surface area (Å²) < 4.78 is 53.3. The van der Waals surface area contributed by atoms with E-state index in [4.69, 9.17) is 4.74 Å². The zero-order chi connectivity index (χ0) is 20.3. The number of oxime groups is 1. The highest BCUT2D eigenvalue weighted by Crippen LogP contribution is 2.31. The number of hydrogen-bond donors (Lipinski definition) is 0. The maximum Gasteiger partial charge on any atom is 0.534 e. The number of carbonyl (C=O) groups excluding carboxylic acids is 2. The Morgan fingerprint density at radius 2 is 1.81 bits per heavy atom. The second kappa shape index (κ2) is 7.92. The van der Waals surface area contributed by atoms with Crippen molar-refractivity contribution in [1.82, 2.24) is 0 Å². The molecule has 0 aliphatic carbocycles. The molecule has 0 amide bonds. The van der Waals surface area contributed by atoms with Gasteiger partial charge in [-0.3, -0.25) is 4.84 Å². The first-order chi connectivity index (χ1) is 11.8. The Kier molecular flexibility index (Phi) is 6.61. The number of ether oxygens (including phenoxy) is 3. The monoisotopic (exact) mass is 382 g/mol. The van der Waals surface area contributed by atoms with Crippen molar-refractivity contribution in [2.45, 2.75) is 52.4 Å². The number of alkyl halides is 3. The summed E-state index contributed by atoms with van der Waals surface area (Å²) in [7, 11) is 0.996. The molecule has 0 aromatic rings. The van der Waals surface area contributed by atoms with Crippen LogP contribution in [0.5, 0.6) is 0 Å². The molecular formula is C15H21F3N2O6. The molecule has 1 rings (SSSR count). The fourth-order valence-corrected chi connectivity index (χ4v) is 2.08. The third kappa shape index (κ3) is 5.88. The molecule has 8 nitrogen and oxygen atoms in total. The smallest absolute Gasteiger partial charge is 0.458 e. The molecule has 11 heteroatoms. The van der Waals surface area contributed by atoms with Crippen molar-refractivity contribution in [2.24, 2.45) is 22.0 Å². The lowest BCUT2D eigenvalue weighted by Gasteiger charge is -2.33. The topological polar surface area (TPSA) is 95.8 Å². The van der Waals surface area contributed by atoms with E-state index in [0.717, 1.165) is 7.11 Å². The highest BCUT2D eigenvalue weighted by Gasteiger charge is 2.49. The lowest BCUT2D eigenvalue weighted by atomic mass is 9.87. The van der Waals surface area contributed by atoms with Crippen LogP contribution in [0.15, 0.2) is 10.1 Å². The Morgan fingerprint density at radius 3 is 2.23 bits per heavy atom. The normalized spacial score (nSPS) is 22.5. The molecule has 1 heterocycles. The van der Waals surface area contributed by atoms with Crippen molar-refractivity contribution in [3.63, 3.8) is 0 Å². The molecule has 0 spiro atoms. The van der Waals surface area contributed by atoms with Gasteiger partial charge in [0.2, 0.25) is 5.90 Å². The van der Waals surface area contributed by atoms with Crippen molar-refractivity contribution in [3.8, 4) is 0 Å². The van der Waals surface area contributed by atoms with Gasteiger partial charge < -0.3 is 14.2 Å². The van der Waals surface area contributed by atoms with Crippen LogP contribution in [0.4, 0.5) is 18.0 Å². The van der Waals surface area contributed by atoms with E-state index in [-0.39, 0.29) is 0 Å². The van der Waals surface area contributed by atoms with Gasteiger partial charge >= 0.3 is 18.3 Å². The molecule has 148 valence electrons. The van der Waals surface area contributed by atoms with Gasteiger partial charge in [-0.25, -0.2) is 14.6 Å². The van der Waals surface area contributed by atoms with E-state index in [1.54, 1.807) is 34.6 Å². The predicted octanol–water partition coefficient (Wildman–Crippen LogP) is 3.06. The average Bonchev–Trinajstić information content (AvgIpc) is 2.48. The summed E-state index contributed by atoms with van der Waals surface area (Å²) in [5.74, 6) is -4.76. The van der Waals surface area contributed by atoms with Crippen molar-refractivity contribution in [2.75, 3.05) is 7.11 Å². The van der Waals surface area contributed by atoms with E-state index in [1.165, 1.54) is 0 Å². The summed E-state index contributed by atoms with van der Waals surface area (Å²) in [5, 5.41) is 3.28. The van der Waals surface area contributed by atoms with Gasteiger partial charge in [-0.15, -0.1) is 0 Å². The van der Waals surface area contributed by atoms with Crippen LogP contribution in [0.25, 0.3) is 0 Å². The van der Waals surface area contributed by atoms with Gasteiger partial charge in [0.05, 0.1) is 13.0 Å². The number of halogens is 3. The Hall–Kier alpha value is -2.33. The highest BCUT2D eigenvalue weighted by molar-refractivity contribution is 6.01. The molecule has 0 N–H and O–H groups in total. The number of nitrogens with zero attached hydrogens (tertiary/aromatic N) is 2. The third-order valence-corrected chi connectivity index (χ3v) is 3.07. The summed E-state index contributed by atoms with van der Waals surface area (Å²) in [6, 6.07) is -1.57. The van der Waals surface area contributed by atoms with Crippen molar-refractivity contribution in [1.29, 1.82) is 0 Å². The van der Waals surface area contributed by atoms with Gasteiger partial charge in [0, 0.05) is 0 Å². The van der Waals surface area contributed by atoms with E-state index in [9.17, 15) is 22.8 Å². The number of methoxy groups -OCH3 is 1. The first kappa shape index (κ1) is 21.7. The fraction of sp³-hybridized carbons (Fsp3) is 0.733. The maximum absolute atomic E-state index is 13.1. The van der Waals surface area contributed by atoms with Gasteiger partial charge in [-0.1, -0.05) is 13.8 Å². The quantitative estimate of drug-likeness (QED) is 0.423. The zero-order valence-corrected chi connectivity index (χ0v) is 15.2. The van der Waals surface area contributed by atoms with Crippen molar-refractivity contribution < 1.29 is 41.8 Å². The standard InChI is InChI=1S/C15H21F3N2O6/c1-7(2)8-9(11(21)25-14(3,4)5)19-12(15(16,17)18)24-10(8)20-26-13(22)23-6/h7-9H,1-6H3/b20-10+/t8-,9+/m1/s1. The van der Waals surface area contributed by atoms with Gasteiger partial charge in [0.25, 0.3) is 5.90 Å². The van der Waals surface area contributed by atoms with E-state index < -0.39 is 53.6 Å². The lowest BCUT2D eigenvalue weighted by molar-refractivity contribution is -0.158. The lowest BCUT2D eigenvalue weighted by Crippen LogP contribution is -2.48. The molecule has 1 aliphatic rings. The molecule has 0 radical (unpaired) electrons. The minimum absolute atomic E-state index is 0.439. The van der Waals surface area contributed by atoms with Crippen LogP contribution in [0.3, 0.4) is 0 Å². The second-order valence-corrected chi connectivity index (χ2v) is 6.76. The molecule has 0 fully saturated rings. The molecular weight excluding hydrogens is 361 g/mol. The molecule has 1 aliphatic heterocycles. The van der Waals surface area contributed by atoms with Gasteiger partial charge in [0.15, 0.2) is 6.04 Å². The van der Waals surface area contributed by atoms with Crippen molar-refractivity contribution in [3.05, 3.63) is 0 Å². The number of rotatable bonds is 3. The first-order valence-corrected chi connectivity index (χ1v) is 7.64. The van der Waals surface area contributed by atoms with E-state index in [1.807, 2.05) is 0 Å². The Bertz CT molecular complexity index is 607. The molecule has 0 saturated carbocycles. The predicted molar refractivity (Wildman–Crippen MR) is 83.5 cm³/mol. The van der Waals surface area contributed by atoms with E-state index in [0.29, 0.717) is 0 Å². The maximum atomic E-state index is 13.1. The molecule has 0 unspecified atom stereocenters. The van der Waals surface area contributed by atoms with E-state index >= 15 is 0 Å². The van der Waals surface area contributed by atoms with Gasteiger partial charge in [0.1, 0.15) is 5.60 Å². The first-order valence-electron chi connectivity index (χ1n) is 7.64. The molecule has 0 aromatic carbocycles. The minimum atomic E-state index is -4.98. The number of carbonyl (C=O) groups is 2. The zero-order valence-electron chi connectivity index (χ0n) is 15.2. The number of aliphatic imine (C=N–C) groups is 1. The van der Waals surface area contributed by atoms with Crippen LogP contribution < -0.4 is 0 Å². The molecule has 26 heavy (non-hydrogen) atoms. The number of esters is 1. The van der Waals surface area contributed by atoms with Gasteiger partial charge in [-0.05, 0) is 31.8 Å². The summed E-state index contributed by atoms with van der Waals surface area (Å²) in [6.07, 6.45) is -6.23. The average molecular weight is 382 g/mol. The summed E-state index contributed by atoms with van der Waals surface area (Å²) >= 11 is 0. The van der Waals surface area contributed by atoms with Crippen LogP contribution in [0.1, 0.15) is 34.6 Å². The van der Waals surface area contributed by atoms with Crippen LogP contribution in [0, 0.1) is 11.8 Å². The molecule has 0 bridgehead atoms. The third-order valence-electron chi connectivity index (χ3n) is 3.07. The summed E-state index contributed by atoms with van der Waals surface area (Å²) in [4.78, 5) is 31.2. The van der Waals surface area contributed by atoms with Crippen LogP contribution in [-0.2, 0) is 23.8 Å². The minimum Gasteiger partial charge on any atom is -0.458 e. The molecule has 0 saturated heterocycles. The van der Waals surface area contributed by atoms with Gasteiger partial charge in [-0.2, -0.15) is 13.2 Å². The van der Waals surface area contributed by atoms with Crippen LogP contribution in [-0.4, -0.2) is 48.8 Å². The molecule has 2 atom stereocenters. The van der Waals surface area contributed by atoms with Crippen LogP contribution in [0.2, 0.25) is 0 Å². The SMILES string of the molecule is COC(=O)O/N=C1/OC(C(F)(F)F)=N[C@H](C(=O)OC(C)(C)C)[C@H]1C(C)C. The summed E-state index contributed by atoms with van der Waals surface area (Å²) in [5.41, 5.74) is -0.940. The van der Waals surface area contributed by atoms with E-state index in [2.05, 4.69) is 24.5 Å². The highest BCUT2D eigenvalue weighted by atomic mass is 19.4. The Morgan fingerprint density at radius 1 is 1.23 bits per heavy atom. The Labute approximate surface area is 148 Å². The second-order valence-electron chi connectivity index (χ2n) is 6.76. The molecule has 0 aromatic heterocycles.